The molecule has 0 aliphatic carbocycles. The molecular formula is C19H38N. The minimum Gasteiger partial charge on any atom is -0.239 e. The maximum atomic E-state index is 4.72. The van der Waals surface area contributed by atoms with Crippen LogP contribution in [0.5, 0.6) is 0 Å². The molecule has 0 aliphatic heterocycles. The summed E-state index contributed by atoms with van der Waals surface area (Å²) in [4.78, 5) is 0. The van der Waals surface area contributed by atoms with Gasteiger partial charge in [-0.05, 0) is 45.4 Å². The second-order valence-corrected chi connectivity index (χ2v) is 6.07. The Kier molecular flexibility index (Phi) is 16.5. The fourth-order valence-corrected chi connectivity index (χ4v) is 2.39. The van der Waals surface area contributed by atoms with Crippen LogP contribution < -0.4 is 5.32 Å². The lowest BCUT2D eigenvalue weighted by molar-refractivity contribution is 0.470. The summed E-state index contributed by atoms with van der Waals surface area (Å²) in [6.45, 7) is 7.87. The van der Waals surface area contributed by atoms with Crippen molar-refractivity contribution in [3.05, 3.63) is 12.2 Å². The zero-order chi connectivity index (χ0) is 14.9. The second-order valence-electron chi connectivity index (χ2n) is 6.07. The molecule has 0 aromatic carbocycles. The molecule has 0 aliphatic rings. The third kappa shape index (κ3) is 15.8. The summed E-state index contributed by atoms with van der Waals surface area (Å²) in [5.41, 5.74) is 0. The van der Waals surface area contributed by atoms with E-state index in [0.717, 1.165) is 6.54 Å². The molecule has 0 rings (SSSR count). The monoisotopic (exact) mass is 280 g/mol. The highest BCUT2D eigenvalue weighted by atomic mass is 14.9. The third-order valence-electron chi connectivity index (χ3n) is 3.84. The average molecular weight is 281 g/mol. The Bertz CT molecular complexity index is 198. The highest BCUT2D eigenvalue weighted by molar-refractivity contribution is 4.81. The van der Waals surface area contributed by atoms with Crippen LogP contribution in [0.1, 0.15) is 97.8 Å². The van der Waals surface area contributed by atoms with E-state index in [1.54, 1.807) is 0 Å². The summed E-state index contributed by atoms with van der Waals surface area (Å²) >= 11 is 0. The molecule has 0 bridgehead atoms. The minimum atomic E-state index is 0.574. The molecule has 0 N–H and O–H groups in total. The lowest BCUT2D eigenvalue weighted by Gasteiger charge is -2.10. The predicted molar refractivity (Wildman–Crippen MR) is 92.4 cm³/mol. The van der Waals surface area contributed by atoms with Gasteiger partial charge in [0.1, 0.15) is 0 Å². The van der Waals surface area contributed by atoms with Gasteiger partial charge in [-0.15, -0.1) is 0 Å². The fraction of sp³-hybridized carbons (Fsp3) is 0.895. The molecule has 1 nitrogen and oxygen atoms in total. The number of nitrogens with zero attached hydrogens (tertiary/aromatic N) is 1. The lowest BCUT2D eigenvalue weighted by Crippen LogP contribution is -2.19. The Morgan fingerprint density at radius 2 is 1.35 bits per heavy atom. The number of unbranched alkanes of at least 4 members (excludes halogenated alkanes) is 8. The molecule has 1 heteroatoms. The Morgan fingerprint density at radius 1 is 0.750 bits per heavy atom. The summed E-state index contributed by atoms with van der Waals surface area (Å²) in [5.74, 6) is 0. The van der Waals surface area contributed by atoms with Crippen molar-refractivity contribution in [1.29, 1.82) is 0 Å². The van der Waals surface area contributed by atoms with Crippen LogP contribution in [0, 0.1) is 0 Å². The quantitative estimate of drug-likeness (QED) is 0.248. The first-order chi connectivity index (χ1) is 9.81. The van der Waals surface area contributed by atoms with Crippen molar-refractivity contribution in [2.24, 2.45) is 0 Å². The normalized spacial score (nSPS) is 13.2. The first-order valence-electron chi connectivity index (χ1n) is 9.12. The summed E-state index contributed by atoms with van der Waals surface area (Å²) in [6.07, 6.45) is 20.7. The molecule has 0 aromatic heterocycles. The summed E-state index contributed by atoms with van der Waals surface area (Å²) in [5, 5.41) is 4.72. The van der Waals surface area contributed by atoms with E-state index in [1.807, 2.05) is 0 Å². The van der Waals surface area contributed by atoms with Crippen LogP contribution in [-0.4, -0.2) is 12.6 Å². The Labute approximate surface area is 128 Å². The van der Waals surface area contributed by atoms with E-state index in [9.17, 15) is 0 Å². The Balaban J connectivity index is 3.19. The molecule has 1 atom stereocenters. The highest BCUT2D eigenvalue weighted by Gasteiger charge is 2.01. The van der Waals surface area contributed by atoms with Crippen LogP contribution in [0.2, 0.25) is 0 Å². The SMILES string of the molecule is CCCCCCC=CCCCCC(C)[N]CCCCC. The van der Waals surface area contributed by atoms with Crippen LogP contribution in [-0.2, 0) is 0 Å². The van der Waals surface area contributed by atoms with E-state index in [4.69, 9.17) is 5.32 Å². The molecule has 0 heterocycles. The highest BCUT2D eigenvalue weighted by Crippen LogP contribution is 2.07. The molecule has 119 valence electrons. The Hall–Kier alpha value is -0.300. The number of allylic oxidation sites excluding steroid dienone is 2. The van der Waals surface area contributed by atoms with Crippen molar-refractivity contribution in [2.45, 2.75) is 104 Å². The maximum Gasteiger partial charge on any atom is 0.0217 e. The van der Waals surface area contributed by atoms with Crippen molar-refractivity contribution >= 4 is 0 Å². The minimum absolute atomic E-state index is 0.574. The van der Waals surface area contributed by atoms with Gasteiger partial charge in [0.15, 0.2) is 0 Å². The molecule has 0 saturated carbocycles. The average Bonchev–Trinajstić information content (AvgIpc) is 2.45. The molecule has 1 radical (unpaired) electrons. The molecule has 0 spiro atoms. The van der Waals surface area contributed by atoms with Crippen LogP contribution in [0.25, 0.3) is 0 Å². The van der Waals surface area contributed by atoms with Crippen LogP contribution >= 0.6 is 0 Å². The molecule has 20 heavy (non-hydrogen) atoms. The molecule has 1 unspecified atom stereocenters. The second kappa shape index (κ2) is 16.8. The molecule has 0 saturated heterocycles. The van der Waals surface area contributed by atoms with Crippen molar-refractivity contribution in [3.8, 4) is 0 Å². The topological polar surface area (TPSA) is 14.1 Å². The number of hydrogen-bond acceptors (Lipinski definition) is 0. The van der Waals surface area contributed by atoms with E-state index in [-0.39, 0.29) is 0 Å². The van der Waals surface area contributed by atoms with Gasteiger partial charge in [0.2, 0.25) is 0 Å². The zero-order valence-electron chi connectivity index (χ0n) is 14.4. The lowest BCUT2D eigenvalue weighted by atomic mass is 10.1. The van der Waals surface area contributed by atoms with Gasteiger partial charge < -0.3 is 0 Å². The smallest absolute Gasteiger partial charge is 0.0217 e. The maximum absolute atomic E-state index is 4.72. The van der Waals surface area contributed by atoms with Gasteiger partial charge in [-0.25, -0.2) is 5.32 Å². The van der Waals surface area contributed by atoms with Crippen molar-refractivity contribution < 1.29 is 0 Å². The third-order valence-corrected chi connectivity index (χ3v) is 3.84. The molecule has 0 fully saturated rings. The predicted octanol–water partition coefficient (Wildman–Crippen LogP) is 6.26. The van der Waals surface area contributed by atoms with E-state index < -0.39 is 0 Å². The zero-order valence-corrected chi connectivity index (χ0v) is 14.4. The van der Waals surface area contributed by atoms with Crippen molar-refractivity contribution in [2.75, 3.05) is 6.54 Å². The van der Waals surface area contributed by atoms with Gasteiger partial charge in [-0.1, -0.05) is 64.5 Å². The molecular weight excluding hydrogens is 242 g/mol. The van der Waals surface area contributed by atoms with Gasteiger partial charge >= 0.3 is 0 Å². The summed E-state index contributed by atoms with van der Waals surface area (Å²) in [6, 6.07) is 0.574. The van der Waals surface area contributed by atoms with Gasteiger partial charge in [-0.2, -0.15) is 0 Å². The summed E-state index contributed by atoms with van der Waals surface area (Å²) < 4.78 is 0. The summed E-state index contributed by atoms with van der Waals surface area (Å²) in [7, 11) is 0. The standard InChI is InChI=1S/C19H38N/c1-4-6-8-9-10-11-12-13-14-15-17-19(3)20-18-16-7-5-2/h11-12,19H,4-10,13-18H2,1-3H3. The van der Waals surface area contributed by atoms with E-state index in [1.165, 1.54) is 77.0 Å². The molecule has 0 amide bonds. The van der Waals surface area contributed by atoms with Gasteiger partial charge in [0, 0.05) is 12.6 Å². The van der Waals surface area contributed by atoms with Gasteiger partial charge in [0.25, 0.3) is 0 Å². The fourth-order valence-electron chi connectivity index (χ4n) is 2.39. The van der Waals surface area contributed by atoms with Gasteiger partial charge in [-0.3, -0.25) is 0 Å². The van der Waals surface area contributed by atoms with Crippen LogP contribution in [0.4, 0.5) is 0 Å². The van der Waals surface area contributed by atoms with Crippen LogP contribution in [0.15, 0.2) is 12.2 Å². The molecule has 0 aromatic rings. The Morgan fingerprint density at radius 3 is 2.00 bits per heavy atom. The van der Waals surface area contributed by atoms with Crippen molar-refractivity contribution in [3.63, 3.8) is 0 Å². The van der Waals surface area contributed by atoms with E-state index in [0.29, 0.717) is 6.04 Å². The number of rotatable bonds is 15. The first kappa shape index (κ1) is 19.7. The first-order valence-corrected chi connectivity index (χ1v) is 9.12. The van der Waals surface area contributed by atoms with E-state index >= 15 is 0 Å². The largest absolute Gasteiger partial charge is 0.239 e. The number of hydrogen-bond donors (Lipinski definition) is 0. The van der Waals surface area contributed by atoms with E-state index in [2.05, 4.69) is 32.9 Å². The van der Waals surface area contributed by atoms with Crippen LogP contribution in [0.3, 0.4) is 0 Å². The van der Waals surface area contributed by atoms with Crippen molar-refractivity contribution in [1.82, 2.24) is 5.32 Å². The van der Waals surface area contributed by atoms with Gasteiger partial charge in [0.05, 0.1) is 0 Å².